The van der Waals surface area contributed by atoms with Gasteiger partial charge >= 0.3 is 0 Å². The summed E-state index contributed by atoms with van der Waals surface area (Å²) >= 11 is 5.92. The molecule has 32 heavy (non-hydrogen) atoms. The standard InChI is InChI=1S/C22H24ClFN6O2/c1-22(2,32-19-9-3-16(23)4-10-19)21(31)29-13-11-28(12-14-29)15-20-25-26-27-30(20)18-7-5-17(24)6-8-18/h3-10H,11-15H2,1-2H3. The maximum atomic E-state index is 13.2. The molecule has 1 fully saturated rings. The predicted octanol–water partition coefficient (Wildman–Crippen LogP) is 2.96. The van der Waals surface area contributed by atoms with Crippen LogP contribution in [0.15, 0.2) is 48.5 Å². The maximum Gasteiger partial charge on any atom is 0.266 e. The van der Waals surface area contributed by atoms with E-state index in [0.717, 1.165) is 0 Å². The highest BCUT2D eigenvalue weighted by atomic mass is 35.5. The summed E-state index contributed by atoms with van der Waals surface area (Å²) in [6, 6.07) is 13.0. The van der Waals surface area contributed by atoms with Gasteiger partial charge < -0.3 is 9.64 Å². The van der Waals surface area contributed by atoms with E-state index in [2.05, 4.69) is 20.4 Å². The second kappa shape index (κ2) is 9.22. The molecular formula is C22H24ClFN6O2. The molecule has 1 aliphatic heterocycles. The van der Waals surface area contributed by atoms with Crippen LogP contribution in [0.4, 0.5) is 4.39 Å². The molecule has 3 aromatic rings. The van der Waals surface area contributed by atoms with Crippen molar-refractivity contribution in [3.63, 3.8) is 0 Å². The lowest BCUT2D eigenvalue weighted by Crippen LogP contribution is -2.55. The van der Waals surface area contributed by atoms with Crippen molar-refractivity contribution in [3.05, 3.63) is 65.2 Å². The summed E-state index contributed by atoms with van der Waals surface area (Å²) in [5, 5.41) is 12.5. The minimum atomic E-state index is -0.997. The Kier molecular flexibility index (Phi) is 6.38. The molecule has 0 saturated carbocycles. The van der Waals surface area contributed by atoms with Crippen molar-refractivity contribution in [2.75, 3.05) is 26.2 Å². The number of rotatable bonds is 6. The minimum absolute atomic E-state index is 0.0664. The first-order valence-corrected chi connectivity index (χ1v) is 10.7. The highest BCUT2D eigenvalue weighted by molar-refractivity contribution is 6.30. The van der Waals surface area contributed by atoms with Gasteiger partial charge in [-0.1, -0.05) is 11.6 Å². The predicted molar refractivity (Wildman–Crippen MR) is 117 cm³/mol. The van der Waals surface area contributed by atoms with Gasteiger partial charge in [0.25, 0.3) is 5.91 Å². The number of carbonyl (C=O) groups excluding carboxylic acids is 1. The molecule has 1 aliphatic rings. The summed E-state index contributed by atoms with van der Waals surface area (Å²) in [6.45, 7) is 6.57. The van der Waals surface area contributed by atoms with E-state index in [-0.39, 0.29) is 11.7 Å². The third-order valence-electron chi connectivity index (χ3n) is 5.33. The number of tetrazole rings is 1. The smallest absolute Gasteiger partial charge is 0.266 e. The fourth-order valence-electron chi connectivity index (χ4n) is 3.62. The monoisotopic (exact) mass is 458 g/mol. The van der Waals surface area contributed by atoms with E-state index >= 15 is 0 Å². The normalized spacial score (nSPS) is 15.1. The molecule has 0 N–H and O–H groups in total. The van der Waals surface area contributed by atoms with Gasteiger partial charge in [0.1, 0.15) is 11.6 Å². The topological polar surface area (TPSA) is 76.4 Å². The minimum Gasteiger partial charge on any atom is -0.478 e. The summed E-state index contributed by atoms with van der Waals surface area (Å²) in [7, 11) is 0. The number of nitrogens with zero attached hydrogens (tertiary/aromatic N) is 6. The fourth-order valence-corrected chi connectivity index (χ4v) is 3.74. The molecule has 10 heteroatoms. The summed E-state index contributed by atoms with van der Waals surface area (Å²) in [5.74, 6) is 0.872. The van der Waals surface area contributed by atoms with E-state index in [1.165, 1.54) is 12.1 Å². The van der Waals surface area contributed by atoms with Gasteiger partial charge in [0.05, 0.1) is 12.2 Å². The van der Waals surface area contributed by atoms with Gasteiger partial charge in [-0.3, -0.25) is 9.69 Å². The van der Waals surface area contributed by atoms with E-state index in [4.69, 9.17) is 16.3 Å². The van der Waals surface area contributed by atoms with E-state index in [0.29, 0.717) is 55.0 Å². The van der Waals surface area contributed by atoms with Gasteiger partial charge in [-0.25, -0.2) is 4.39 Å². The van der Waals surface area contributed by atoms with Crippen LogP contribution < -0.4 is 4.74 Å². The Hall–Kier alpha value is -3.04. The van der Waals surface area contributed by atoms with Crippen LogP contribution in [0, 0.1) is 5.82 Å². The average molecular weight is 459 g/mol. The van der Waals surface area contributed by atoms with Crippen LogP contribution in [0.5, 0.6) is 5.75 Å². The SMILES string of the molecule is CC(C)(Oc1ccc(Cl)cc1)C(=O)N1CCN(Cc2nnnn2-c2ccc(F)cc2)CC1. The Morgan fingerprint density at radius 3 is 2.38 bits per heavy atom. The first-order chi connectivity index (χ1) is 15.3. The zero-order valence-corrected chi connectivity index (χ0v) is 18.7. The molecule has 2 aromatic carbocycles. The molecule has 8 nitrogen and oxygen atoms in total. The zero-order valence-electron chi connectivity index (χ0n) is 17.9. The third-order valence-corrected chi connectivity index (χ3v) is 5.58. The van der Waals surface area contributed by atoms with Crippen LogP contribution in [0.3, 0.4) is 0 Å². The van der Waals surface area contributed by atoms with E-state index < -0.39 is 5.60 Å². The van der Waals surface area contributed by atoms with Crippen molar-refractivity contribution in [3.8, 4) is 11.4 Å². The van der Waals surface area contributed by atoms with Crippen molar-refractivity contribution >= 4 is 17.5 Å². The van der Waals surface area contributed by atoms with Gasteiger partial charge in [-0.05, 0) is 72.8 Å². The molecular weight excluding hydrogens is 435 g/mol. The molecule has 0 aliphatic carbocycles. The average Bonchev–Trinajstić information content (AvgIpc) is 3.24. The molecule has 4 rings (SSSR count). The highest BCUT2D eigenvalue weighted by Crippen LogP contribution is 2.23. The molecule has 1 saturated heterocycles. The van der Waals surface area contributed by atoms with Crippen LogP contribution in [0.25, 0.3) is 5.69 Å². The number of benzene rings is 2. The van der Waals surface area contributed by atoms with Crippen molar-refractivity contribution in [1.29, 1.82) is 0 Å². The van der Waals surface area contributed by atoms with Crippen LogP contribution in [0.1, 0.15) is 19.7 Å². The first kappa shape index (κ1) is 22.2. The maximum absolute atomic E-state index is 13.2. The largest absolute Gasteiger partial charge is 0.478 e. The quantitative estimate of drug-likeness (QED) is 0.565. The lowest BCUT2D eigenvalue weighted by molar-refractivity contribution is -0.147. The second-order valence-corrected chi connectivity index (χ2v) is 8.55. The van der Waals surface area contributed by atoms with Crippen LogP contribution >= 0.6 is 11.6 Å². The number of aromatic nitrogens is 4. The van der Waals surface area contributed by atoms with Crippen molar-refractivity contribution in [2.24, 2.45) is 0 Å². The Morgan fingerprint density at radius 2 is 1.72 bits per heavy atom. The molecule has 0 spiro atoms. The van der Waals surface area contributed by atoms with Gasteiger partial charge in [0.2, 0.25) is 0 Å². The molecule has 168 valence electrons. The third kappa shape index (κ3) is 5.05. The first-order valence-electron chi connectivity index (χ1n) is 10.3. The number of halogens is 2. The summed E-state index contributed by atoms with van der Waals surface area (Å²) in [4.78, 5) is 17.1. The molecule has 2 heterocycles. The Morgan fingerprint density at radius 1 is 1.06 bits per heavy atom. The van der Waals surface area contributed by atoms with E-state index in [1.54, 1.807) is 54.9 Å². The summed E-state index contributed by atoms with van der Waals surface area (Å²) in [5.41, 5.74) is -0.302. The van der Waals surface area contributed by atoms with Crippen molar-refractivity contribution in [2.45, 2.75) is 26.0 Å². The van der Waals surface area contributed by atoms with E-state index in [1.807, 2.05) is 4.90 Å². The van der Waals surface area contributed by atoms with Gasteiger partial charge in [-0.2, -0.15) is 4.68 Å². The number of carbonyl (C=O) groups is 1. The number of hydrogen-bond donors (Lipinski definition) is 0. The van der Waals surface area contributed by atoms with Gasteiger partial charge in [0.15, 0.2) is 11.4 Å². The van der Waals surface area contributed by atoms with Crippen molar-refractivity contribution < 1.29 is 13.9 Å². The molecule has 1 amide bonds. The van der Waals surface area contributed by atoms with Crippen molar-refractivity contribution in [1.82, 2.24) is 30.0 Å². The Bertz CT molecular complexity index is 1060. The van der Waals surface area contributed by atoms with Crippen LogP contribution in [-0.2, 0) is 11.3 Å². The summed E-state index contributed by atoms with van der Waals surface area (Å²) in [6.07, 6.45) is 0. The molecule has 0 bridgehead atoms. The fraction of sp³-hybridized carbons (Fsp3) is 0.364. The number of ether oxygens (including phenoxy) is 1. The van der Waals surface area contributed by atoms with Gasteiger partial charge in [0, 0.05) is 31.2 Å². The Labute approximate surface area is 190 Å². The Balaban J connectivity index is 1.34. The number of hydrogen-bond acceptors (Lipinski definition) is 6. The number of piperazine rings is 1. The molecule has 0 atom stereocenters. The van der Waals surface area contributed by atoms with Crippen LogP contribution in [-0.4, -0.2) is 67.7 Å². The summed E-state index contributed by atoms with van der Waals surface area (Å²) < 4.78 is 20.7. The number of amides is 1. The van der Waals surface area contributed by atoms with E-state index in [9.17, 15) is 9.18 Å². The van der Waals surface area contributed by atoms with Crippen LogP contribution in [0.2, 0.25) is 5.02 Å². The molecule has 0 unspecified atom stereocenters. The highest BCUT2D eigenvalue weighted by Gasteiger charge is 2.36. The van der Waals surface area contributed by atoms with Gasteiger partial charge in [-0.15, -0.1) is 5.10 Å². The molecule has 0 radical (unpaired) electrons. The zero-order chi connectivity index (χ0) is 22.7. The lowest BCUT2D eigenvalue weighted by Gasteiger charge is -2.38. The second-order valence-electron chi connectivity index (χ2n) is 8.12. The lowest BCUT2D eigenvalue weighted by atomic mass is 10.1. The molecule has 1 aromatic heterocycles.